The first-order valence-corrected chi connectivity index (χ1v) is 15.9. The van der Waals surface area contributed by atoms with Crippen LogP contribution in [0.5, 0.6) is 5.75 Å². The van der Waals surface area contributed by atoms with Gasteiger partial charge in [0, 0.05) is 13.1 Å². The molecule has 2 heterocycles. The van der Waals surface area contributed by atoms with E-state index in [9.17, 15) is 27.6 Å². The van der Waals surface area contributed by atoms with Crippen molar-refractivity contribution in [1.82, 2.24) is 14.7 Å². The Labute approximate surface area is 263 Å². The summed E-state index contributed by atoms with van der Waals surface area (Å²) in [6, 6.07) is 13.3. The van der Waals surface area contributed by atoms with Gasteiger partial charge in [0.1, 0.15) is 23.7 Å². The molecule has 1 fully saturated rings. The van der Waals surface area contributed by atoms with Crippen LogP contribution in [-0.2, 0) is 24.0 Å². The molecule has 2 unspecified atom stereocenters. The normalized spacial score (nSPS) is 19.0. The van der Waals surface area contributed by atoms with Gasteiger partial charge in [0.2, 0.25) is 0 Å². The fraction of sp³-hybridized carbons (Fsp3) is 0.455. The summed E-state index contributed by atoms with van der Waals surface area (Å²) in [5, 5.41) is 19.5. The highest BCUT2D eigenvalue weighted by molar-refractivity contribution is 7.84. The van der Waals surface area contributed by atoms with E-state index < -0.39 is 28.0 Å². The minimum absolute atomic E-state index is 0.0245. The number of fused-ring (bicyclic) bond motifs is 1. The van der Waals surface area contributed by atoms with Crippen molar-refractivity contribution >= 4 is 16.8 Å². The maximum absolute atomic E-state index is 13.2. The summed E-state index contributed by atoms with van der Waals surface area (Å²) in [4.78, 5) is 11.2. The Morgan fingerprint density at radius 1 is 1.13 bits per heavy atom. The molecule has 1 aliphatic heterocycles. The second kappa shape index (κ2) is 13.1. The molecule has 8 nitrogen and oxygen atoms in total. The maximum Gasteiger partial charge on any atom is 0.418 e. The number of rotatable bonds is 7. The zero-order valence-corrected chi connectivity index (χ0v) is 26.2. The van der Waals surface area contributed by atoms with Gasteiger partial charge >= 0.3 is 6.18 Å². The molecule has 3 atom stereocenters. The number of aliphatic hydroxyl groups is 2. The highest BCUT2D eigenvalue weighted by atomic mass is 32.2. The number of halogens is 3. The summed E-state index contributed by atoms with van der Waals surface area (Å²) in [5.41, 5.74) is 2.90. The summed E-state index contributed by atoms with van der Waals surface area (Å²) >= 11 is 0. The summed E-state index contributed by atoms with van der Waals surface area (Å²) in [6.07, 6.45) is -3.15. The number of hydrogen-bond acceptors (Lipinski definition) is 7. The van der Waals surface area contributed by atoms with Crippen molar-refractivity contribution in [2.24, 2.45) is 5.41 Å². The molecule has 1 aromatic heterocycles. The number of piperidine rings is 1. The first kappa shape index (κ1) is 32.9. The second-order valence-electron chi connectivity index (χ2n) is 12.4. The lowest BCUT2D eigenvalue weighted by atomic mass is 9.73. The van der Waals surface area contributed by atoms with Crippen LogP contribution in [0.2, 0.25) is 0 Å². The van der Waals surface area contributed by atoms with Crippen molar-refractivity contribution in [1.29, 1.82) is 0 Å². The zero-order valence-electron chi connectivity index (χ0n) is 25.4. The maximum atomic E-state index is 13.2. The Morgan fingerprint density at radius 2 is 1.82 bits per heavy atom. The Hall–Kier alpha value is -3.50. The summed E-state index contributed by atoms with van der Waals surface area (Å²) < 4.78 is 59.8. The van der Waals surface area contributed by atoms with Crippen molar-refractivity contribution in [2.75, 3.05) is 24.6 Å². The van der Waals surface area contributed by atoms with Gasteiger partial charge in [-0.1, -0.05) is 42.3 Å². The van der Waals surface area contributed by atoms with E-state index in [1.54, 1.807) is 6.20 Å². The summed E-state index contributed by atoms with van der Waals surface area (Å²) in [5.74, 6) is 6.56. The van der Waals surface area contributed by atoms with Crippen LogP contribution in [0.3, 0.4) is 0 Å². The molecule has 0 radical (unpaired) electrons. The minimum atomic E-state index is -4.74. The third-order valence-corrected chi connectivity index (χ3v) is 9.93. The molecular weight excluding hydrogens is 605 g/mol. The summed E-state index contributed by atoms with van der Waals surface area (Å²) in [6.45, 7) is 6.95. The minimum Gasteiger partial charge on any atom is -0.481 e. The average Bonchev–Trinajstić information content (AvgIpc) is 3.30. The second-order valence-corrected chi connectivity index (χ2v) is 14.4. The standard InChI is InChI=1S/C33H37F3N4O4S/c1-31(2,3)45(43)39-28-26-9-5-4-7-23(26)19-32(28)14-16-40(17-15-32)30-27(21-41)38-24(20-37-30)8-6-18-44-25-12-10-22(11-13-25)29(42)33(34,35)36/h4-5,7,9-13,20,28-29,39,41-42H,14-19,21H2,1-3H3/t28-,29?,45?/m1/s1. The Morgan fingerprint density at radius 3 is 2.47 bits per heavy atom. The van der Waals surface area contributed by atoms with E-state index in [4.69, 9.17) is 4.74 Å². The average molecular weight is 643 g/mol. The fourth-order valence-corrected chi connectivity index (χ4v) is 6.87. The van der Waals surface area contributed by atoms with Crippen molar-refractivity contribution < 1.29 is 32.3 Å². The Bertz CT molecular complexity index is 1590. The highest BCUT2D eigenvalue weighted by Gasteiger charge is 2.49. The first-order valence-electron chi connectivity index (χ1n) is 14.7. The lowest BCUT2D eigenvalue weighted by Crippen LogP contribution is -2.48. The number of nitrogens with one attached hydrogen (secondary N) is 1. The molecule has 0 saturated carbocycles. The third kappa shape index (κ3) is 7.33. The third-order valence-electron chi connectivity index (χ3n) is 8.37. The van der Waals surface area contributed by atoms with Crippen LogP contribution in [0.25, 0.3) is 0 Å². The topological polar surface area (TPSA) is 108 Å². The molecule has 3 N–H and O–H groups in total. The van der Waals surface area contributed by atoms with Crippen molar-refractivity contribution in [3.8, 4) is 17.6 Å². The van der Waals surface area contributed by atoms with Crippen LogP contribution in [0.15, 0.2) is 54.7 Å². The quantitative estimate of drug-likeness (QED) is 0.314. The van der Waals surface area contributed by atoms with Gasteiger partial charge in [0.25, 0.3) is 0 Å². The highest BCUT2D eigenvalue weighted by Crippen LogP contribution is 2.52. The van der Waals surface area contributed by atoms with Gasteiger partial charge in [-0.15, -0.1) is 0 Å². The summed E-state index contributed by atoms with van der Waals surface area (Å²) in [7, 11) is -1.22. The molecule has 1 saturated heterocycles. The number of nitrogens with zero attached hydrogens (tertiary/aromatic N) is 3. The molecule has 45 heavy (non-hydrogen) atoms. The van der Waals surface area contributed by atoms with Gasteiger partial charge in [-0.25, -0.2) is 18.9 Å². The van der Waals surface area contributed by atoms with Crippen LogP contribution < -0.4 is 14.4 Å². The molecule has 1 aliphatic carbocycles. The smallest absolute Gasteiger partial charge is 0.418 e. The van der Waals surface area contributed by atoms with Crippen molar-refractivity contribution in [2.45, 2.75) is 69.7 Å². The Balaban J connectivity index is 1.22. The molecular formula is C33H37F3N4O4S. The predicted octanol–water partition coefficient (Wildman–Crippen LogP) is 4.93. The largest absolute Gasteiger partial charge is 0.481 e. The number of aromatic nitrogens is 2. The predicted molar refractivity (Wildman–Crippen MR) is 166 cm³/mol. The van der Waals surface area contributed by atoms with Gasteiger partial charge in [-0.3, -0.25) is 0 Å². The van der Waals surface area contributed by atoms with E-state index in [0.29, 0.717) is 36.0 Å². The van der Waals surface area contributed by atoms with Gasteiger partial charge < -0.3 is 19.8 Å². The van der Waals surface area contributed by atoms with Gasteiger partial charge in [-0.2, -0.15) is 13.2 Å². The van der Waals surface area contributed by atoms with E-state index in [0.717, 1.165) is 31.4 Å². The first-order chi connectivity index (χ1) is 21.3. The lowest BCUT2D eigenvalue weighted by Gasteiger charge is -2.44. The lowest BCUT2D eigenvalue weighted by molar-refractivity contribution is -0.206. The molecule has 240 valence electrons. The van der Waals surface area contributed by atoms with E-state index in [1.165, 1.54) is 23.3 Å². The molecule has 0 bridgehead atoms. The zero-order chi connectivity index (χ0) is 32.4. The molecule has 2 aromatic carbocycles. The molecule has 12 heteroatoms. The fourth-order valence-electron chi connectivity index (χ4n) is 5.92. The van der Waals surface area contributed by atoms with Crippen molar-refractivity contribution in [3.05, 3.63) is 82.8 Å². The molecule has 5 rings (SSSR count). The molecule has 0 amide bonds. The SMILES string of the molecule is CC(C)(C)S(=O)N[C@@H]1c2ccccc2CC12CCN(c1ncc(C#CCOc3ccc(C(O)C(F)(F)F)cc3)nc1CO)CC2. The van der Waals surface area contributed by atoms with Gasteiger partial charge in [-0.05, 0) is 80.2 Å². The van der Waals surface area contributed by atoms with Gasteiger partial charge in [0.05, 0.1) is 34.6 Å². The number of benzene rings is 2. The van der Waals surface area contributed by atoms with Crippen molar-refractivity contribution in [3.63, 3.8) is 0 Å². The van der Waals surface area contributed by atoms with Crippen LogP contribution in [0.4, 0.5) is 19.0 Å². The van der Waals surface area contributed by atoms with E-state index in [-0.39, 0.29) is 30.2 Å². The Kier molecular flexibility index (Phi) is 9.56. The number of ether oxygens (including phenoxy) is 1. The van der Waals surface area contributed by atoms with Crippen LogP contribution >= 0.6 is 0 Å². The molecule has 2 aliphatic rings. The molecule has 3 aromatic rings. The van der Waals surface area contributed by atoms with E-state index in [2.05, 4.69) is 49.6 Å². The number of anilines is 1. The molecule has 1 spiro atoms. The van der Waals surface area contributed by atoms with E-state index in [1.807, 2.05) is 26.8 Å². The number of aliphatic hydroxyl groups excluding tert-OH is 2. The number of alkyl halides is 3. The van der Waals surface area contributed by atoms with Crippen LogP contribution in [0, 0.1) is 17.3 Å². The number of hydrogen-bond donors (Lipinski definition) is 3. The monoisotopic (exact) mass is 642 g/mol. The van der Waals surface area contributed by atoms with Gasteiger partial charge in [0.15, 0.2) is 11.9 Å². The van der Waals surface area contributed by atoms with Crippen LogP contribution in [-0.4, -0.2) is 55.0 Å². The van der Waals surface area contributed by atoms with Crippen LogP contribution in [0.1, 0.15) is 73.8 Å². The van der Waals surface area contributed by atoms with E-state index >= 15 is 0 Å².